The van der Waals surface area contributed by atoms with E-state index in [1.807, 2.05) is 19.1 Å². The fourth-order valence-corrected chi connectivity index (χ4v) is 4.18. The Balaban J connectivity index is 1.38. The summed E-state index contributed by atoms with van der Waals surface area (Å²) in [5.74, 6) is -0.0577. The average Bonchev–Trinajstić information content (AvgIpc) is 3.39. The summed E-state index contributed by atoms with van der Waals surface area (Å²) in [6.45, 7) is 6.11. The van der Waals surface area contributed by atoms with E-state index in [1.165, 1.54) is 10.9 Å². The smallest absolute Gasteiger partial charge is 0.177 e. The molecule has 2 aliphatic rings. The van der Waals surface area contributed by atoms with E-state index >= 15 is 0 Å². The number of nitrogens with zero attached hydrogens (tertiary/aromatic N) is 6. The van der Waals surface area contributed by atoms with Crippen LogP contribution in [0.15, 0.2) is 55.5 Å². The first-order valence-electron chi connectivity index (χ1n) is 9.64. The van der Waals surface area contributed by atoms with Gasteiger partial charge >= 0.3 is 0 Å². The minimum Gasteiger partial charge on any atom is -0.507 e. The van der Waals surface area contributed by atoms with E-state index in [0.29, 0.717) is 34.8 Å². The maximum Gasteiger partial charge on any atom is 0.177 e. The van der Waals surface area contributed by atoms with Crippen LogP contribution in [0.2, 0.25) is 0 Å². The quantitative estimate of drug-likeness (QED) is 0.643. The van der Waals surface area contributed by atoms with Crippen molar-refractivity contribution in [3.05, 3.63) is 61.3 Å². The molecule has 1 aromatic carbocycles. The highest BCUT2D eigenvalue weighted by Gasteiger charge is 2.46. The summed E-state index contributed by atoms with van der Waals surface area (Å²) >= 11 is 0. The van der Waals surface area contributed by atoms with E-state index in [0.717, 1.165) is 0 Å². The predicted molar refractivity (Wildman–Crippen MR) is 108 cm³/mol. The van der Waals surface area contributed by atoms with Crippen LogP contribution >= 0.6 is 0 Å². The number of phenols is 1. The van der Waals surface area contributed by atoms with E-state index < -0.39 is 6.17 Å². The van der Waals surface area contributed by atoms with Gasteiger partial charge in [-0.05, 0) is 31.1 Å². The lowest BCUT2D eigenvalue weighted by Crippen LogP contribution is -2.54. The van der Waals surface area contributed by atoms with E-state index in [2.05, 4.69) is 37.4 Å². The van der Waals surface area contributed by atoms with E-state index in [9.17, 15) is 9.50 Å². The van der Waals surface area contributed by atoms with Crippen LogP contribution in [-0.2, 0) is 0 Å². The van der Waals surface area contributed by atoms with Crippen molar-refractivity contribution >= 4 is 5.57 Å². The molecule has 2 bridgehead atoms. The molecule has 1 saturated heterocycles. The molecular formula is C21H20FN7O. The van der Waals surface area contributed by atoms with Gasteiger partial charge < -0.3 is 5.11 Å². The molecule has 0 amide bonds. The average molecular weight is 405 g/mol. The van der Waals surface area contributed by atoms with Gasteiger partial charge in [-0.25, -0.2) is 14.1 Å². The Morgan fingerprint density at radius 1 is 1.37 bits per heavy atom. The summed E-state index contributed by atoms with van der Waals surface area (Å²) in [5, 5.41) is 29.7. The zero-order valence-corrected chi connectivity index (χ0v) is 16.3. The Hall–Kier alpha value is -3.46. The van der Waals surface area contributed by atoms with Crippen LogP contribution in [-0.4, -0.2) is 53.0 Å². The molecule has 2 N–H and O–H groups in total. The number of piperidine rings is 1. The zero-order valence-electron chi connectivity index (χ0n) is 16.3. The van der Waals surface area contributed by atoms with Crippen molar-refractivity contribution in [2.45, 2.75) is 31.1 Å². The first-order valence-corrected chi connectivity index (χ1v) is 9.64. The molecule has 1 unspecified atom stereocenters. The predicted octanol–water partition coefficient (Wildman–Crippen LogP) is 2.48. The third kappa shape index (κ3) is 3.07. The van der Waals surface area contributed by atoms with Crippen molar-refractivity contribution in [1.29, 1.82) is 0 Å². The first-order chi connectivity index (χ1) is 14.4. The van der Waals surface area contributed by atoms with Crippen LogP contribution in [0.4, 0.5) is 4.39 Å². The van der Waals surface area contributed by atoms with Crippen molar-refractivity contribution in [2.24, 2.45) is 5.92 Å². The maximum atomic E-state index is 14.9. The highest BCUT2D eigenvalue weighted by Crippen LogP contribution is 2.41. The van der Waals surface area contributed by atoms with Crippen LogP contribution in [0.25, 0.3) is 22.5 Å². The van der Waals surface area contributed by atoms with Crippen LogP contribution < -0.4 is 5.32 Å². The lowest BCUT2D eigenvalue weighted by atomic mass is 9.79. The van der Waals surface area contributed by atoms with Crippen LogP contribution in [0.5, 0.6) is 5.75 Å². The Kier molecular flexibility index (Phi) is 4.21. The topological polar surface area (TPSA) is 102 Å². The third-order valence-corrected chi connectivity index (χ3v) is 5.78. The number of halogens is 1. The van der Waals surface area contributed by atoms with Gasteiger partial charge in [-0.1, -0.05) is 23.9 Å². The molecule has 152 valence electrons. The fraction of sp³-hybridized carbons (Fsp3) is 0.286. The molecule has 8 nitrogen and oxygen atoms in total. The van der Waals surface area contributed by atoms with Crippen molar-refractivity contribution < 1.29 is 9.50 Å². The second kappa shape index (κ2) is 6.81. The van der Waals surface area contributed by atoms with Crippen LogP contribution in [0.3, 0.4) is 0 Å². The lowest BCUT2D eigenvalue weighted by Gasteiger charge is -2.39. The molecule has 9 heteroatoms. The number of benzene rings is 1. The minimum absolute atomic E-state index is 0.0171. The highest BCUT2D eigenvalue weighted by molar-refractivity contribution is 5.68. The van der Waals surface area contributed by atoms with Crippen LogP contribution in [0.1, 0.15) is 19.2 Å². The summed E-state index contributed by atoms with van der Waals surface area (Å²) in [5.41, 5.74) is 1.84. The van der Waals surface area contributed by atoms with Gasteiger partial charge in [0.1, 0.15) is 17.6 Å². The zero-order chi connectivity index (χ0) is 20.9. The minimum atomic E-state index is -1.10. The van der Waals surface area contributed by atoms with Crippen molar-refractivity contribution in [1.82, 2.24) is 35.5 Å². The molecular weight excluding hydrogens is 385 g/mol. The molecule has 0 radical (unpaired) electrons. The number of rotatable bonds is 4. The lowest BCUT2D eigenvalue weighted by molar-refractivity contribution is 0.146. The molecule has 1 fully saturated rings. The molecule has 0 saturated carbocycles. The van der Waals surface area contributed by atoms with Gasteiger partial charge in [0.25, 0.3) is 0 Å². The molecule has 5 rings (SSSR count). The molecule has 0 aliphatic carbocycles. The molecule has 4 atom stereocenters. The number of aromatic hydroxyl groups is 1. The summed E-state index contributed by atoms with van der Waals surface area (Å²) in [6, 6.07) is 4.73. The summed E-state index contributed by atoms with van der Waals surface area (Å²) in [7, 11) is 0. The Morgan fingerprint density at radius 3 is 2.93 bits per heavy atom. The van der Waals surface area contributed by atoms with Gasteiger partial charge in [0.15, 0.2) is 5.82 Å². The molecule has 30 heavy (non-hydrogen) atoms. The van der Waals surface area contributed by atoms with Gasteiger partial charge in [0.05, 0.1) is 30.3 Å². The van der Waals surface area contributed by atoms with Gasteiger partial charge in [0, 0.05) is 23.1 Å². The van der Waals surface area contributed by atoms with Gasteiger partial charge in [0.2, 0.25) is 0 Å². The number of hydrogen-bond donors (Lipinski definition) is 2. The highest BCUT2D eigenvalue weighted by atomic mass is 19.1. The molecule has 4 heterocycles. The maximum absolute atomic E-state index is 14.9. The number of hydrogen-bond acceptors (Lipinski definition) is 7. The van der Waals surface area contributed by atoms with Crippen molar-refractivity contribution in [3.8, 4) is 22.7 Å². The molecule has 2 aromatic heterocycles. The second-order valence-electron chi connectivity index (χ2n) is 7.94. The summed E-state index contributed by atoms with van der Waals surface area (Å²) in [6.07, 6.45) is 8.13. The Morgan fingerprint density at radius 2 is 2.23 bits per heavy atom. The summed E-state index contributed by atoms with van der Waals surface area (Å²) < 4.78 is 16.4. The standard InChI is InChI=1S/C21H20FN7O/c1-12(15-10-21(2)6-5-16(25-21)19(15)22)20-23-11-17(26-27-20)14-4-3-13(9-18(14)30)29-8-7-24-28-29/h3-9,11,15-16,19,25,30H,1,10H2,2H3/t15-,16?,19-,21+/m1/s1. The third-order valence-electron chi connectivity index (χ3n) is 5.78. The van der Waals surface area contributed by atoms with Crippen molar-refractivity contribution in [2.75, 3.05) is 0 Å². The van der Waals surface area contributed by atoms with E-state index in [1.54, 1.807) is 30.6 Å². The SMILES string of the molecule is C=C(c1ncc(-c2ccc(-n3ccnn3)cc2O)nn1)[C@H]1C[C@]2(C)C=CC(N2)[C@@H]1F. The van der Waals surface area contributed by atoms with Crippen molar-refractivity contribution in [3.63, 3.8) is 0 Å². The normalized spacial score (nSPS) is 27.3. The summed E-state index contributed by atoms with van der Waals surface area (Å²) in [4.78, 5) is 4.35. The molecule has 0 spiro atoms. The number of allylic oxidation sites excluding steroid dienone is 1. The van der Waals surface area contributed by atoms with Crippen LogP contribution in [0, 0.1) is 5.92 Å². The van der Waals surface area contributed by atoms with E-state index in [-0.39, 0.29) is 23.2 Å². The number of aromatic nitrogens is 6. The van der Waals surface area contributed by atoms with Gasteiger partial charge in [-0.15, -0.1) is 15.3 Å². The number of phenolic OH excluding ortho intramolecular Hbond substituents is 1. The van der Waals surface area contributed by atoms with Gasteiger partial charge in [-0.3, -0.25) is 5.32 Å². The number of alkyl halides is 1. The first kappa shape index (κ1) is 18.6. The molecule has 3 aromatic rings. The van der Waals surface area contributed by atoms with Gasteiger partial charge in [-0.2, -0.15) is 0 Å². The number of nitrogens with one attached hydrogen (secondary N) is 1. The Bertz CT molecular complexity index is 1130. The largest absolute Gasteiger partial charge is 0.507 e. The molecule has 2 aliphatic heterocycles. The fourth-order valence-electron chi connectivity index (χ4n) is 4.18. The Labute approximate surface area is 172 Å². The monoisotopic (exact) mass is 405 g/mol. The van der Waals surface area contributed by atoms with E-state index in [4.69, 9.17) is 0 Å². The second-order valence-corrected chi connectivity index (χ2v) is 7.94. The number of fused-ring (bicyclic) bond motifs is 2.